The number of benzene rings is 2. The van der Waals surface area contributed by atoms with Gasteiger partial charge in [-0.25, -0.2) is 8.78 Å². The molecule has 1 heterocycles. The Balaban J connectivity index is 2.10. The van der Waals surface area contributed by atoms with Gasteiger partial charge < -0.3 is 0 Å². The van der Waals surface area contributed by atoms with E-state index in [1.807, 2.05) is 6.07 Å². The van der Waals surface area contributed by atoms with E-state index in [1.54, 1.807) is 30.3 Å². The van der Waals surface area contributed by atoms with E-state index in [2.05, 4.69) is 15.4 Å². The fourth-order valence-corrected chi connectivity index (χ4v) is 2.05. The molecular weight excluding hydrogens is 288 g/mol. The SMILES string of the molecule is N#Cc1ccc(-c2ccc(F)cc2)cc1-c1nnn(CF)n1. The zero-order chi connectivity index (χ0) is 15.5. The average molecular weight is 297 g/mol. The average Bonchev–Trinajstić information content (AvgIpc) is 3.04. The maximum absolute atomic E-state index is 13.0. The Bertz CT molecular complexity index is 849. The van der Waals surface area contributed by atoms with E-state index in [0.717, 1.165) is 15.9 Å². The maximum Gasteiger partial charge on any atom is 0.206 e. The molecule has 2 aromatic carbocycles. The van der Waals surface area contributed by atoms with Gasteiger partial charge in [0.25, 0.3) is 0 Å². The summed E-state index contributed by atoms with van der Waals surface area (Å²) in [7, 11) is 0. The van der Waals surface area contributed by atoms with Crippen molar-refractivity contribution in [1.82, 2.24) is 20.2 Å². The monoisotopic (exact) mass is 297 g/mol. The minimum Gasteiger partial charge on any atom is -0.223 e. The molecule has 0 aliphatic heterocycles. The first-order chi connectivity index (χ1) is 10.7. The van der Waals surface area contributed by atoms with Gasteiger partial charge in [0.1, 0.15) is 5.82 Å². The summed E-state index contributed by atoms with van der Waals surface area (Å²) in [4.78, 5) is 0.793. The largest absolute Gasteiger partial charge is 0.223 e. The van der Waals surface area contributed by atoms with Crippen LogP contribution in [-0.4, -0.2) is 20.2 Å². The number of alkyl halides is 1. The highest BCUT2D eigenvalue weighted by Crippen LogP contribution is 2.27. The number of aromatic nitrogens is 4. The van der Waals surface area contributed by atoms with Gasteiger partial charge in [0.05, 0.1) is 11.6 Å². The van der Waals surface area contributed by atoms with Crippen LogP contribution in [0.4, 0.5) is 8.78 Å². The Morgan fingerprint density at radius 1 is 1.09 bits per heavy atom. The molecule has 0 radical (unpaired) electrons. The fourth-order valence-electron chi connectivity index (χ4n) is 2.05. The Morgan fingerprint density at radius 3 is 2.45 bits per heavy atom. The molecule has 7 heteroatoms. The third-order valence-electron chi connectivity index (χ3n) is 3.12. The van der Waals surface area contributed by atoms with Gasteiger partial charge in [0.15, 0.2) is 0 Å². The molecule has 0 saturated carbocycles. The molecule has 0 saturated heterocycles. The zero-order valence-corrected chi connectivity index (χ0v) is 11.2. The van der Waals surface area contributed by atoms with Gasteiger partial charge >= 0.3 is 0 Å². The van der Waals surface area contributed by atoms with Crippen molar-refractivity contribution in [2.45, 2.75) is 6.80 Å². The zero-order valence-electron chi connectivity index (χ0n) is 11.2. The Kier molecular flexibility index (Phi) is 3.58. The summed E-state index contributed by atoms with van der Waals surface area (Å²) in [5.74, 6) is -0.164. The minimum atomic E-state index is -0.896. The highest BCUT2D eigenvalue weighted by atomic mass is 19.1. The lowest BCUT2D eigenvalue weighted by molar-refractivity contribution is 0.314. The van der Waals surface area contributed by atoms with E-state index >= 15 is 0 Å². The second kappa shape index (κ2) is 5.69. The number of hydrogen-bond acceptors (Lipinski definition) is 4. The van der Waals surface area contributed by atoms with Crippen molar-refractivity contribution in [2.24, 2.45) is 0 Å². The molecule has 1 aromatic heterocycles. The topological polar surface area (TPSA) is 67.4 Å². The number of nitrogens with zero attached hydrogens (tertiary/aromatic N) is 5. The van der Waals surface area contributed by atoms with Crippen LogP contribution < -0.4 is 0 Å². The van der Waals surface area contributed by atoms with E-state index in [4.69, 9.17) is 0 Å². The molecule has 0 atom stereocenters. The van der Waals surface area contributed by atoms with E-state index in [9.17, 15) is 14.0 Å². The fraction of sp³-hybridized carbons (Fsp3) is 0.0667. The lowest BCUT2D eigenvalue weighted by atomic mass is 9.99. The van der Waals surface area contributed by atoms with Crippen LogP contribution >= 0.6 is 0 Å². The number of hydrogen-bond donors (Lipinski definition) is 0. The normalized spacial score (nSPS) is 10.4. The highest BCUT2D eigenvalue weighted by molar-refractivity contribution is 5.74. The Hall–Kier alpha value is -3.14. The van der Waals surface area contributed by atoms with Gasteiger partial charge in [0, 0.05) is 5.56 Å². The quantitative estimate of drug-likeness (QED) is 0.745. The van der Waals surface area contributed by atoms with Gasteiger partial charge in [-0.2, -0.15) is 5.26 Å². The van der Waals surface area contributed by atoms with Gasteiger partial charge in [-0.05, 0) is 40.6 Å². The lowest BCUT2D eigenvalue weighted by Crippen LogP contribution is -1.97. The molecule has 22 heavy (non-hydrogen) atoms. The van der Waals surface area contributed by atoms with Crippen LogP contribution in [0.2, 0.25) is 0 Å². The van der Waals surface area contributed by atoms with Crippen molar-refractivity contribution in [3.05, 3.63) is 53.8 Å². The summed E-state index contributed by atoms with van der Waals surface area (Å²) < 4.78 is 25.5. The second-order valence-corrected chi connectivity index (χ2v) is 4.48. The predicted molar refractivity (Wildman–Crippen MR) is 74.5 cm³/mol. The van der Waals surface area contributed by atoms with Crippen LogP contribution in [0.5, 0.6) is 0 Å². The van der Waals surface area contributed by atoms with Gasteiger partial charge in [0.2, 0.25) is 12.6 Å². The summed E-state index contributed by atoms with van der Waals surface area (Å²) in [6.45, 7) is -0.896. The van der Waals surface area contributed by atoms with Crippen LogP contribution in [0.15, 0.2) is 42.5 Å². The molecular formula is C15H9F2N5. The standard InChI is InChI=1S/C15H9F2N5/c16-9-22-20-15(19-21-22)14-7-11(1-2-12(14)8-18)10-3-5-13(17)6-4-10/h1-7H,9H2. The summed E-state index contributed by atoms with van der Waals surface area (Å²) in [6.07, 6.45) is 0. The van der Waals surface area contributed by atoms with E-state index in [1.165, 1.54) is 12.1 Å². The summed E-state index contributed by atoms with van der Waals surface area (Å²) in [5, 5.41) is 20.3. The molecule has 0 bridgehead atoms. The molecule has 0 spiro atoms. The van der Waals surface area contributed by atoms with Crippen molar-refractivity contribution in [1.29, 1.82) is 5.26 Å². The van der Waals surface area contributed by atoms with E-state index in [-0.39, 0.29) is 11.6 Å². The Morgan fingerprint density at radius 2 is 1.82 bits per heavy atom. The van der Waals surface area contributed by atoms with Crippen LogP contribution in [0.3, 0.4) is 0 Å². The molecule has 0 unspecified atom stereocenters. The molecule has 0 aliphatic carbocycles. The number of tetrazole rings is 1. The highest BCUT2D eigenvalue weighted by Gasteiger charge is 2.13. The smallest absolute Gasteiger partial charge is 0.206 e. The second-order valence-electron chi connectivity index (χ2n) is 4.48. The van der Waals surface area contributed by atoms with Crippen molar-refractivity contribution < 1.29 is 8.78 Å². The third-order valence-corrected chi connectivity index (χ3v) is 3.12. The first-order valence-corrected chi connectivity index (χ1v) is 6.35. The number of nitriles is 1. The molecule has 3 rings (SSSR count). The minimum absolute atomic E-state index is 0.165. The predicted octanol–water partition coefficient (Wildman–Crippen LogP) is 2.94. The summed E-state index contributed by atoms with van der Waals surface area (Å²) in [6, 6.07) is 13.1. The molecule has 108 valence electrons. The Labute approximate surface area is 124 Å². The van der Waals surface area contributed by atoms with E-state index < -0.39 is 6.80 Å². The summed E-state index contributed by atoms with van der Waals surface area (Å²) >= 11 is 0. The molecule has 0 aliphatic rings. The van der Waals surface area contributed by atoms with Crippen molar-refractivity contribution >= 4 is 0 Å². The lowest BCUT2D eigenvalue weighted by Gasteiger charge is -2.05. The van der Waals surface area contributed by atoms with E-state index in [0.29, 0.717) is 11.1 Å². The number of halogens is 2. The molecule has 5 nitrogen and oxygen atoms in total. The molecule has 3 aromatic rings. The molecule has 0 amide bonds. The van der Waals surface area contributed by atoms with Crippen molar-refractivity contribution in [3.63, 3.8) is 0 Å². The van der Waals surface area contributed by atoms with Gasteiger partial charge in [-0.15, -0.1) is 15.0 Å². The molecule has 0 N–H and O–H groups in total. The van der Waals surface area contributed by atoms with Crippen LogP contribution in [0, 0.1) is 17.1 Å². The summed E-state index contributed by atoms with van der Waals surface area (Å²) in [5.41, 5.74) is 2.35. The van der Waals surface area contributed by atoms with Crippen molar-refractivity contribution in [2.75, 3.05) is 0 Å². The molecule has 0 fully saturated rings. The maximum atomic E-state index is 13.0. The van der Waals surface area contributed by atoms with Crippen LogP contribution in [-0.2, 0) is 6.80 Å². The van der Waals surface area contributed by atoms with Gasteiger partial charge in [-0.3, -0.25) is 0 Å². The van der Waals surface area contributed by atoms with Crippen LogP contribution in [0.1, 0.15) is 5.56 Å². The van der Waals surface area contributed by atoms with Crippen molar-refractivity contribution in [3.8, 4) is 28.6 Å². The van der Waals surface area contributed by atoms with Crippen LogP contribution in [0.25, 0.3) is 22.5 Å². The van der Waals surface area contributed by atoms with Gasteiger partial charge in [-0.1, -0.05) is 18.2 Å². The number of rotatable bonds is 3. The first-order valence-electron chi connectivity index (χ1n) is 6.35. The third kappa shape index (κ3) is 2.54. The first kappa shape index (κ1) is 13.8.